The molecule has 1 saturated heterocycles. The molecule has 1 fully saturated rings. The van der Waals surface area contributed by atoms with Crippen LogP contribution in [-0.2, 0) is 20.0 Å². The first-order chi connectivity index (χ1) is 12.5. The smallest absolute Gasteiger partial charge is 0.173 e. The van der Waals surface area contributed by atoms with Gasteiger partial charge in [0.05, 0.1) is 5.69 Å². The summed E-state index contributed by atoms with van der Waals surface area (Å²) < 4.78 is 1.98. The van der Waals surface area contributed by atoms with Crippen LogP contribution in [0.5, 0.6) is 0 Å². The lowest BCUT2D eigenvalue weighted by atomic mass is 10.1. The number of anilines is 1. The summed E-state index contributed by atoms with van der Waals surface area (Å²) >= 11 is 5.66. The number of hydrogen-bond acceptors (Lipinski definition) is 3. The van der Waals surface area contributed by atoms with Crippen molar-refractivity contribution in [3.8, 4) is 0 Å². The molecule has 0 bridgehead atoms. The third-order valence-corrected chi connectivity index (χ3v) is 5.70. The summed E-state index contributed by atoms with van der Waals surface area (Å²) in [5.74, 6) is 0. The molecule has 0 radical (unpaired) electrons. The summed E-state index contributed by atoms with van der Waals surface area (Å²) in [4.78, 5) is 4.78. The second kappa shape index (κ2) is 8.18. The van der Waals surface area contributed by atoms with Gasteiger partial charge >= 0.3 is 0 Å². The SMILES string of the molecule is CCc1ccccc1NC(=S)N1CCN(Cc2c(C)nn(C)c2C)CC1. The zero-order chi connectivity index (χ0) is 18.7. The molecule has 1 aliphatic rings. The molecule has 0 spiro atoms. The zero-order valence-corrected chi connectivity index (χ0v) is 17.1. The molecule has 0 atom stereocenters. The van der Waals surface area contributed by atoms with Crippen molar-refractivity contribution in [1.82, 2.24) is 19.6 Å². The number of hydrogen-bond donors (Lipinski definition) is 1. The van der Waals surface area contributed by atoms with Crippen LogP contribution in [0.3, 0.4) is 0 Å². The Hall–Kier alpha value is -1.92. The standard InChI is InChI=1S/C20H29N5S/c1-5-17-8-6-7-9-19(17)21-20(26)25-12-10-24(11-13-25)14-18-15(2)22-23(4)16(18)3/h6-9H,5,10-14H2,1-4H3,(H,21,26). The van der Waals surface area contributed by atoms with E-state index in [9.17, 15) is 0 Å². The van der Waals surface area contributed by atoms with E-state index in [2.05, 4.69) is 65.3 Å². The van der Waals surface area contributed by atoms with E-state index < -0.39 is 0 Å². The molecule has 3 rings (SSSR count). The van der Waals surface area contributed by atoms with Crippen LogP contribution in [0.2, 0.25) is 0 Å². The van der Waals surface area contributed by atoms with Gasteiger partial charge in [-0.3, -0.25) is 9.58 Å². The fraction of sp³-hybridized carbons (Fsp3) is 0.500. The Morgan fingerprint density at radius 2 is 1.85 bits per heavy atom. The van der Waals surface area contributed by atoms with Gasteiger partial charge in [-0.05, 0) is 44.1 Å². The van der Waals surface area contributed by atoms with Gasteiger partial charge in [-0.1, -0.05) is 25.1 Å². The van der Waals surface area contributed by atoms with Crippen LogP contribution in [0.25, 0.3) is 0 Å². The summed E-state index contributed by atoms with van der Waals surface area (Å²) in [7, 11) is 2.02. The van der Waals surface area contributed by atoms with E-state index in [4.69, 9.17) is 12.2 Å². The summed E-state index contributed by atoms with van der Waals surface area (Å²) in [6.45, 7) is 11.3. The summed E-state index contributed by atoms with van der Waals surface area (Å²) in [5, 5.41) is 8.81. The maximum atomic E-state index is 5.66. The molecule has 6 heteroatoms. The Balaban J connectivity index is 1.55. The van der Waals surface area contributed by atoms with Crippen LogP contribution < -0.4 is 5.32 Å². The molecular weight excluding hydrogens is 342 g/mol. The summed E-state index contributed by atoms with van der Waals surface area (Å²) in [6.07, 6.45) is 1.00. The highest BCUT2D eigenvalue weighted by molar-refractivity contribution is 7.80. The highest BCUT2D eigenvalue weighted by Gasteiger charge is 2.21. The lowest BCUT2D eigenvalue weighted by Gasteiger charge is -2.36. The second-order valence-corrected chi connectivity index (χ2v) is 7.36. The van der Waals surface area contributed by atoms with Gasteiger partial charge in [0.15, 0.2) is 5.11 Å². The quantitative estimate of drug-likeness (QED) is 0.836. The Labute approximate surface area is 162 Å². The molecule has 0 amide bonds. The van der Waals surface area contributed by atoms with Gasteiger partial charge in [0.1, 0.15) is 0 Å². The van der Waals surface area contributed by atoms with E-state index in [1.807, 2.05) is 11.7 Å². The molecule has 140 valence electrons. The number of aromatic nitrogens is 2. The predicted molar refractivity (Wildman–Crippen MR) is 112 cm³/mol. The molecule has 1 aromatic heterocycles. The fourth-order valence-electron chi connectivity index (χ4n) is 3.52. The number of piperazine rings is 1. The molecule has 2 heterocycles. The molecule has 0 unspecified atom stereocenters. The summed E-state index contributed by atoms with van der Waals surface area (Å²) in [5.41, 5.74) is 6.19. The van der Waals surface area contributed by atoms with Gasteiger partial charge in [0.25, 0.3) is 0 Å². The second-order valence-electron chi connectivity index (χ2n) is 6.98. The van der Waals surface area contributed by atoms with Crippen molar-refractivity contribution in [2.45, 2.75) is 33.7 Å². The van der Waals surface area contributed by atoms with Crippen LogP contribution in [0.1, 0.15) is 29.4 Å². The highest BCUT2D eigenvalue weighted by Crippen LogP contribution is 2.18. The van der Waals surface area contributed by atoms with Crippen molar-refractivity contribution in [2.75, 3.05) is 31.5 Å². The van der Waals surface area contributed by atoms with Gasteiger partial charge in [0, 0.05) is 56.7 Å². The van der Waals surface area contributed by atoms with Gasteiger partial charge < -0.3 is 10.2 Å². The fourth-order valence-corrected chi connectivity index (χ4v) is 3.82. The van der Waals surface area contributed by atoms with Crippen molar-refractivity contribution < 1.29 is 0 Å². The number of aryl methyl sites for hydroxylation is 3. The molecule has 5 nitrogen and oxygen atoms in total. The molecule has 26 heavy (non-hydrogen) atoms. The number of nitrogens with one attached hydrogen (secondary N) is 1. The van der Waals surface area contributed by atoms with E-state index in [0.717, 1.165) is 55.6 Å². The Morgan fingerprint density at radius 3 is 2.46 bits per heavy atom. The monoisotopic (exact) mass is 371 g/mol. The maximum absolute atomic E-state index is 5.66. The van der Waals surface area contributed by atoms with E-state index in [1.54, 1.807) is 0 Å². The van der Waals surface area contributed by atoms with E-state index in [0.29, 0.717) is 0 Å². The minimum absolute atomic E-state index is 0.833. The first-order valence-electron chi connectivity index (χ1n) is 9.34. The minimum Gasteiger partial charge on any atom is -0.346 e. The Bertz CT molecular complexity index is 775. The van der Waals surface area contributed by atoms with Gasteiger partial charge in [-0.25, -0.2) is 0 Å². The van der Waals surface area contributed by atoms with Crippen LogP contribution in [0.15, 0.2) is 24.3 Å². The number of nitrogens with zero attached hydrogens (tertiary/aromatic N) is 4. The number of para-hydroxylation sites is 1. The minimum atomic E-state index is 0.833. The van der Waals surface area contributed by atoms with Crippen LogP contribution in [0, 0.1) is 13.8 Å². The highest BCUT2D eigenvalue weighted by atomic mass is 32.1. The third-order valence-electron chi connectivity index (χ3n) is 5.34. The molecule has 2 aromatic rings. The third kappa shape index (κ3) is 4.07. The van der Waals surface area contributed by atoms with Gasteiger partial charge in [0.2, 0.25) is 0 Å². The lowest BCUT2D eigenvalue weighted by molar-refractivity contribution is 0.176. The number of thiocarbonyl (C=S) groups is 1. The van der Waals surface area contributed by atoms with Crippen LogP contribution >= 0.6 is 12.2 Å². The van der Waals surface area contributed by atoms with E-state index in [1.165, 1.54) is 16.8 Å². The predicted octanol–water partition coefficient (Wildman–Crippen LogP) is 3.11. The molecule has 1 N–H and O–H groups in total. The number of rotatable bonds is 4. The Kier molecular flexibility index (Phi) is 5.94. The summed E-state index contributed by atoms with van der Waals surface area (Å²) in [6, 6.07) is 8.39. The maximum Gasteiger partial charge on any atom is 0.173 e. The molecule has 0 saturated carbocycles. The Morgan fingerprint density at radius 1 is 1.15 bits per heavy atom. The van der Waals surface area contributed by atoms with Crippen molar-refractivity contribution in [2.24, 2.45) is 7.05 Å². The van der Waals surface area contributed by atoms with Crippen molar-refractivity contribution in [3.05, 3.63) is 46.8 Å². The molecule has 1 aliphatic heterocycles. The molecule has 1 aromatic carbocycles. The van der Waals surface area contributed by atoms with Crippen molar-refractivity contribution >= 4 is 23.0 Å². The van der Waals surface area contributed by atoms with Gasteiger partial charge in [-0.2, -0.15) is 5.10 Å². The largest absolute Gasteiger partial charge is 0.346 e. The molecular formula is C20H29N5S. The van der Waals surface area contributed by atoms with Crippen LogP contribution in [0.4, 0.5) is 5.69 Å². The molecule has 0 aliphatic carbocycles. The van der Waals surface area contributed by atoms with Crippen molar-refractivity contribution in [1.29, 1.82) is 0 Å². The number of benzene rings is 1. The van der Waals surface area contributed by atoms with Crippen molar-refractivity contribution in [3.63, 3.8) is 0 Å². The average molecular weight is 372 g/mol. The van der Waals surface area contributed by atoms with E-state index in [-0.39, 0.29) is 0 Å². The zero-order valence-electron chi connectivity index (χ0n) is 16.2. The first kappa shape index (κ1) is 18.9. The van der Waals surface area contributed by atoms with Gasteiger partial charge in [-0.15, -0.1) is 0 Å². The first-order valence-corrected chi connectivity index (χ1v) is 9.75. The van der Waals surface area contributed by atoms with E-state index >= 15 is 0 Å². The van der Waals surface area contributed by atoms with Crippen LogP contribution in [-0.4, -0.2) is 50.9 Å². The average Bonchev–Trinajstić information content (AvgIpc) is 2.89. The topological polar surface area (TPSA) is 36.3 Å². The normalized spacial score (nSPS) is 15.3. The lowest BCUT2D eigenvalue weighted by Crippen LogP contribution is -2.49.